The number of nitrogens with one attached hydrogen (secondary N) is 1. The number of benzene rings is 1. The second kappa shape index (κ2) is 3.83. The summed E-state index contributed by atoms with van der Waals surface area (Å²) in [5.74, 6) is -0.302. The Labute approximate surface area is 99.3 Å². The molecule has 1 aliphatic heterocycles. The number of rotatable bonds is 1. The SMILES string of the molecule is O=C1CNC(=O)N1c1ccc(Br)cc1Cl. The van der Waals surface area contributed by atoms with Crippen molar-refractivity contribution in [3.8, 4) is 0 Å². The number of hydrogen-bond donors (Lipinski definition) is 1. The summed E-state index contributed by atoms with van der Waals surface area (Å²) < 4.78 is 0.795. The van der Waals surface area contributed by atoms with Crippen LogP contribution in [0.1, 0.15) is 0 Å². The Hall–Kier alpha value is -1.07. The van der Waals surface area contributed by atoms with Gasteiger partial charge in [-0.2, -0.15) is 0 Å². The van der Waals surface area contributed by atoms with Gasteiger partial charge < -0.3 is 5.32 Å². The lowest BCUT2D eigenvalue weighted by atomic mass is 10.3. The van der Waals surface area contributed by atoms with Gasteiger partial charge in [0, 0.05) is 4.47 Å². The van der Waals surface area contributed by atoms with Crippen LogP contribution in [-0.4, -0.2) is 18.5 Å². The van der Waals surface area contributed by atoms with Crippen LogP contribution in [0.3, 0.4) is 0 Å². The molecule has 2 rings (SSSR count). The molecule has 1 N–H and O–H groups in total. The molecule has 1 aromatic carbocycles. The van der Waals surface area contributed by atoms with Crippen molar-refractivity contribution in [2.24, 2.45) is 0 Å². The van der Waals surface area contributed by atoms with E-state index in [1.165, 1.54) is 0 Å². The van der Waals surface area contributed by atoms with Crippen molar-refractivity contribution >= 4 is 45.2 Å². The number of halogens is 2. The van der Waals surface area contributed by atoms with E-state index in [2.05, 4.69) is 21.2 Å². The van der Waals surface area contributed by atoms with E-state index in [0.717, 1.165) is 9.37 Å². The van der Waals surface area contributed by atoms with Gasteiger partial charge in [0.05, 0.1) is 17.3 Å². The number of anilines is 1. The molecular weight excluding hydrogens is 283 g/mol. The molecule has 3 amide bonds. The van der Waals surface area contributed by atoms with E-state index in [1.807, 2.05) is 0 Å². The van der Waals surface area contributed by atoms with Crippen molar-refractivity contribution in [3.63, 3.8) is 0 Å². The average Bonchev–Trinajstić information content (AvgIpc) is 2.48. The predicted octanol–water partition coefficient (Wildman–Crippen LogP) is 2.16. The predicted molar refractivity (Wildman–Crippen MR) is 60.0 cm³/mol. The fraction of sp³-hybridized carbons (Fsp3) is 0.111. The maximum Gasteiger partial charge on any atom is 0.329 e. The number of carbonyl (C=O) groups is 2. The highest BCUT2D eigenvalue weighted by molar-refractivity contribution is 9.10. The molecule has 0 aromatic heterocycles. The second-order valence-corrected chi connectivity index (χ2v) is 4.31. The van der Waals surface area contributed by atoms with Gasteiger partial charge in [-0.05, 0) is 18.2 Å². The highest BCUT2D eigenvalue weighted by Crippen LogP contribution is 2.30. The summed E-state index contributed by atoms with van der Waals surface area (Å²) in [6.45, 7) is 0.0191. The van der Waals surface area contributed by atoms with Gasteiger partial charge in [-0.15, -0.1) is 0 Å². The van der Waals surface area contributed by atoms with E-state index in [-0.39, 0.29) is 12.5 Å². The standard InChI is InChI=1S/C9H6BrClN2O2/c10-5-1-2-7(6(11)3-5)13-8(14)4-12-9(13)15/h1-3H,4H2,(H,12,15). The molecule has 4 nitrogen and oxygen atoms in total. The van der Waals surface area contributed by atoms with Crippen LogP contribution >= 0.6 is 27.5 Å². The molecule has 6 heteroatoms. The Morgan fingerprint density at radius 3 is 2.67 bits per heavy atom. The molecule has 1 fully saturated rings. The molecule has 78 valence electrons. The largest absolute Gasteiger partial charge is 0.329 e. The van der Waals surface area contributed by atoms with Crippen LogP contribution in [0.2, 0.25) is 5.02 Å². The monoisotopic (exact) mass is 288 g/mol. The van der Waals surface area contributed by atoms with Crippen molar-refractivity contribution < 1.29 is 9.59 Å². The minimum atomic E-state index is -0.441. The number of urea groups is 1. The fourth-order valence-corrected chi connectivity index (χ4v) is 2.09. The van der Waals surface area contributed by atoms with Crippen molar-refractivity contribution in [1.82, 2.24) is 5.32 Å². The van der Waals surface area contributed by atoms with Gasteiger partial charge >= 0.3 is 6.03 Å². The van der Waals surface area contributed by atoms with Gasteiger partial charge in [0.2, 0.25) is 0 Å². The lowest BCUT2D eigenvalue weighted by Crippen LogP contribution is -2.30. The van der Waals surface area contributed by atoms with E-state index < -0.39 is 6.03 Å². The maximum atomic E-state index is 11.4. The highest BCUT2D eigenvalue weighted by atomic mass is 79.9. The molecule has 0 radical (unpaired) electrons. The summed E-state index contributed by atoms with van der Waals surface area (Å²) in [5, 5.41) is 2.78. The molecule has 0 unspecified atom stereocenters. The quantitative estimate of drug-likeness (QED) is 0.806. The summed E-state index contributed by atoms with van der Waals surface area (Å²) in [6.07, 6.45) is 0. The number of amides is 3. The van der Waals surface area contributed by atoms with Crippen LogP contribution in [0.15, 0.2) is 22.7 Å². The minimum absolute atomic E-state index is 0.0191. The highest BCUT2D eigenvalue weighted by Gasteiger charge is 2.31. The molecule has 0 bridgehead atoms. The molecule has 0 aliphatic carbocycles. The Kier molecular flexibility index (Phi) is 2.67. The Bertz CT molecular complexity index is 434. The fourth-order valence-electron chi connectivity index (χ4n) is 1.33. The van der Waals surface area contributed by atoms with E-state index in [4.69, 9.17) is 11.6 Å². The lowest BCUT2D eigenvalue weighted by molar-refractivity contribution is -0.115. The number of hydrogen-bond acceptors (Lipinski definition) is 2. The first-order valence-electron chi connectivity index (χ1n) is 4.15. The maximum absolute atomic E-state index is 11.4. The first kappa shape index (κ1) is 10.4. The van der Waals surface area contributed by atoms with Gasteiger partial charge in [0.1, 0.15) is 0 Å². The van der Waals surface area contributed by atoms with E-state index in [1.54, 1.807) is 18.2 Å². The van der Waals surface area contributed by atoms with Crippen molar-refractivity contribution in [2.45, 2.75) is 0 Å². The van der Waals surface area contributed by atoms with Crippen molar-refractivity contribution in [3.05, 3.63) is 27.7 Å². The first-order chi connectivity index (χ1) is 7.09. The van der Waals surface area contributed by atoms with Gasteiger partial charge in [-0.3, -0.25) is 4.79 Å². The van der Waals surface area contributed by atoms with Gasteiger partial charge in [-0.1, -0.05) is 27.5 Å². The van der Waals surface area contributed by atoms with Crippen LogP contribution in [0.5, 0.6) is 0 Å². The zero-order valence-electron chi connectivity index (χ0n) is 7.46. The van der Waals surface area contributed by atoms with Crippen LogP contribution in [0, 0.1) is 0 Å². The third kappa shape index (κ3) is 1.85. The molecule has 1 saturated heterocycles. The van der Waals surface area contributed by atoms with Crippen LogP contribution in [-0.2, 0) is 4.79 Å². The summed E-state index contributed by atoms with van der Waals surface area (Å²) in [4.78, 5) is 23.8. The average molecular weight is 290 g/mol. The van der Waals surface area contributed by atoms with Gasteiger partial charge in [0.25, 0.3) is 5.91 Å². The third-order valence-corrected chi connectivity index (χ3v) is 2.79. The molecular formula is C9H6BrClN2O2. The number of carbonyl (C=O) groups excluding carboxylic acids is 2. The summed E-state index contributed by atoms with van der Waals surface area (Å²) in [6, 6.07) is 4.54. The normalized spacial score (nSPS) is 15.7. The second-order valence-electron chi connectivity index (χ2n) is 2.98. The van der Waals surface area contributed by atoms with Crippen molar-refractivity contribution in [1.29, 1.82) is 0 Å². The first-order valence-corrected chi connectivity index (χ1v) is 5.32. The van der Waals surface area contributed by atoms with Crippen molar-refractivity contribution in [2.75, 3.05) is 11.4 Å². The zero-order valence-corrected chi connectivity index (χ0v) is 9.80. The molecule has 0 spiro atoms. The van der Waals surface area contributed by atoms with Crippen LogP contribution in [0.4, 0.5) is 10.5 Å². The molecule has 1 aromatic rings. The summed E-state index contributed by atoms with van der Waals surface area (Å²) in [5.41, 5.74) is 0.403. The summed E-state index contributed by atoms with van der Waals surface area (Å²) in [7, 11) is 0. The molecule has 0 atom stereocenters. The third-order valence-electron chi connectivity index (χ3n) is 1.99. The van der Waals surface area contributed by atoms with Gasteiger partial charge in [-0.25, -0.2) is 9.69 Å². The minimum Gasteiger partial charge on any atom is -0.328 e. The molecule has 1 heterocycles. The lowest BCUT2D eigenvalue weighted by Gasteiger charge is -2.13. The van der Waals surface area contributed by atoms with E-state index in [0.29, 0.717) is 10.7 Å². The molecule has 0 saturated carbocycles. The summed E-state index contributed by atoms with van der Waals surface area (Å²) >= 11 is 9.18. The smallest absolute Gasteiger partial charge is 0.328 e. The Balaban J connectivity index is 2.45. The number of imide groups is 1. The van der Waals surface area contributed by atoms with E-state index >= 15 is 0 Å². The Morgan fingerprint density at radius 2 is 2.13 bits per heavy atom. The topological polar surface area (TPSA) is 49.4 Å². The van der Waals surface area contributed by atoms with E-state index in [9.17, 15) is 9.59 Å². The van der Waals surface area contributed by atoms with Crippen LogP contribution in [0.25, 0.3) is 0 Å². The zero-order chi connectivity index (χ0) is 11.0. The Morgan fingerprint density at radius 1 is 1.40 bits per heavy atom. The molecule has 1 aliphatic rings. The molecule has 15 heavy (non-hydrogen) atoms. The van der Waals surface area contributed by atoms with Crippen LogP contribution < -0.4 is 10.2 Å². The number of nitrogens with zero attached hydrogens (tertiary/aromatic N) is 1. The van der Waals surface area contributed by atoms with Gasteiger partial charge in [0.15, 0.2) is 0 Å².